The van der Waals surface area contributed by atoms with Gasteiger partial charge in [-0.25, -0.2) is 8.78 Å². The van der Waals surface area contributed by atoms with Crippen LogP contribution in [0.4, 0.5) is 14.5 Å². The summed E-state index contributed by atoms with van der Waals surface area (Å²) in [5.74, 6) is -3.20. The summed E-state index contributed by atoms with van der Waals surface area (Å²) >= 11 is 2.83. The second-order valence-corrected chi connectivity index (χ2v) is 19.5. The Morgan fingerprint density at radius 3 is 2.50 bits per heavy atom. The van der Waals surface area contributed by atoms with Crippen molar-refractivity contribution in [2.75, 3.05) is 24.7 Å². The highest BCUT2D eigenvalue weighted by molar-refractivity contribution is 8.00. The zero-order chi connectivity index (χ0) is 42.8. The minimum absolute atomic E-state index is 0.0124. The summed E-state index contributed by atoms with van der Waals surface area (Å²) in [7, 11) is 0. The number of aliphatic hydroxyl groups excluding tert-OH is 2. The first-order valence-electron chi connectivity index (χ1n) is 20.6. The number of likely N-dealkylation sites (tertiary alicyclic amines) is 1. The van der Waals surface area contributed by atoms with Crippen LogP contribution in [0, 0.1) is 22.7 Å². The third-order valence-electron chi connectivity index (χ3n) is 14.2. The Morgan fingerprint density at radius 1 is 1.02 bits per heavy atom. The molecule has 11 atom stereocenters. The molecular formula is C45H50F2N2O9S2. The molecule has 2 aliphatic heterocycles. The quantitative estimate of drug-likeness (QED) is 0.150. The number of hydrogen-bond donors (Lipinski definition) is 3. The number of allylic oxidation sites excluding steroid dienone is 4. The van der Waals surface area contributed by atoms with E-state index in [9.17, 15) is 34.2 Å². The van der Waals surface area contributed by atoms with Crippen molar-refractivity contribution in [3.8, 4) is 0 Å². The first-order chi connectivity index (χ1) is 28.6. The number of carbonyl (C=O) groups excluding carboxylic acids is 5. The van der Waals surface area contributed by atoms with E-state index in [-0.39, 0.29) is 54.2 Å². The summed E-state index contributed by atoms with van der Waals surface area (Å²) in [5.41, 5.74) is -5.67. The number of ketones is 2. The number of aliphatic hydroxyl groups is 2. The van der Waals surface area contributed by atoms with Crippen molar-refractivity contribution in [2.24, 2.45) is 22.7 Å². The number of carbonyl (C=O) groups is 5. The van der Waals surface area contributed by atoms with Crippen molar-refractivity contribution in [1.29, 1.82) is 0 Å². The van der Waals surface area contributed by atoms with Crippen molar-refractivity contribution < 1.29 is 52.4 Å². The van der Waals surface area contributed by atoms with E-state index in [1.165, 1.54) is 47.5 Å². The normalized spacial score (nSPS) is 36.7. The zero-order valence-corrected chi connectivity index (χ0v) is 35.4. The molecule has 0 radical (unpaired) electrons. The molecular weight excluding hydrogens is 815 g/mol. The molecule has 60 heavy (non-hydrogen) atoms. The monoisotopic (exact) mass is 864 g/mol. The van der Waals surface area contributed by atoms with Gasteiger partial charge in [-0.1, -0.05) is 49.4 Å². The standard InChI is InChI=1S/C45H50F2N2O9S2/c1-42-15-14-27(51)19-32(42)33(46)20-31-30-21-37-45(36(53)24-50,43(30,2)23-35(52)44(31,42)47)58-41(57-37)25-9-7-11-28(17-25)60-29-12-8-10-26(18-29)48-38(54)13-5-4-6-16-49-39(55)22-34(59-3)40(49)56/h7-12,14-15,17-19,30-31,33-35,37,41,50,52H,4-6,13,16,20-24H2,1-3H3,(H,48,54)/t30-,31-,33-,34?,35-,37+,41+,42-,43-,44-,45+/m0/s1. The van der Waals surface area contributed by atoms with Crippen LogP contribution in [-0.4, -0.2) is 98.7 Å². The number of anilines is 1. The molecule has 4 aliphatic carbocycles. The van der Waals surface area contributed by atoms with E-state index in [0.29, 0.717) is 43.5 Å². The van der Waals surface area contributed by atoms with Crippen molar-refractivity contribution in [3.05, 3.63) is 77.9 Å². The molecule has 2 heterocycles. The Labute approximate surface area is 356 Å². The number of alkyl halides is 2. The number of amides is 3. The Balaban J connectivity index is 0.926. The Hall–Kier alpha value is -3.73. The van der Waals surface area contributed by atoms with Gasteiger partial charge in [0.2, 0.25) is 17.7 Å². The number of nitrogens with zero attached hydrogens (tertiary/aromatic N) is 1. The van der Waals surface area contributed by atoms with Crippen LogP contribution in [0.5, 0.6) is 0 Å². The van der Waals surface area contributed by atoms with E-state index in [4.69, 9.17) is 9.47 Å². The number of imide groups is 1. The van der Waals surface area contributed by atoms with Gasteiger partial charge in [0.1, 0.15) is 12.8 Å². The fourth-order valence-electron chi connectivity index (χ4n) is 11.2. The number of ether oxygens (including phenoxy) is 2. The predicted octanol–water partition coefficient (Wildman–Crippen LogP) is 6.47. The number of hydrogen-bond acceptors (Lipinski definition) is 11. The average Bonchev–Trinajstić information content (AvgIpc) is 3.82. The third-order valence-corrected chi connectivity index (χ3v) is 16.1. The van der Waals surface area contributed by atoms with Crippen LogP contribution in [0.3, 0.4) is 0 Å². The van der Waals surface area contributed by atoms with Gasteiger partial charge in [0, 0.05) is 57.2 Å². The number of rotatable bonds is 13. The fraction of sp³-hybridized carbons (Fsp3) is 0.533. The van der Waals surface area contributed by atoms with Crippen LogP contribution >= 0.6 is 23.5 Å². The number of Topliss-reactive ketones (excluding diaryl/α,β-unsaturated/α-hetero) is 1. The Morgan fingerprint density at radius 2 is 1.77 bits per heavy atom. The van der Waals surface area contributed by atoms with Gasteiger partial charge in [0.05, 0.1) is 17.5 Å². The van der Waals surface area contributed by atoms with Gasteiger partial charge in [-0.2, -0.15) is 11.8 Å². The molecule has 15 heteroatoms. The molecule has 2 aromatic carbocycles. The highest BCUT2D eigenvalue weighted by Crippen LogP contribution is 2.72. The number of thioether (sulfide) groups is 1. The van der Waals surface area contributed by atoms with Gasteiger partial charge in [-0.05, 0) is 99.3 Å². The van der Waals surface area contributed by atoms with Crippen molar-refractivity contribution in [3.63, 3.8) is 0 Å². The smallest absolute Gasteiger partial charge is 0.242 e. The SMILES string of the molecule is CSC1CC(=O)N(CCCCCC(=O)Nc2cccc(Sc3cccc([C@@H]4O[C@@H]5C[C@H]6[C@@H]7C[C@H](F)C8=CC(=O)C=C[C@]8(C)[C@@]7(F)[C@@H](O)C[C@]6(C)[C@]5(C(=O)CO)O4)c3)c2)C1=O. The van der Waals surface area contributed by atoms with Crippen LogP contribution < -0.4 is 5.32 Å². The summed E-state index contributed by atoms with van der Waals surface area (Å²) in [4.78, 5) is 66.5. The molecule has 2 saturated heterocycles. The summed E-state index contributed by atoms with van der Waals surface area (Å²) in [5, 5.41) is 24.8. The maximum absolute atomic E-state index is 17.8. The number of benzene rings is 2. The first-order valence-corrected chi connectivity index (χ1v) is 22.7. The molecule has 5 fully saturated rings. The predicted molar refractivity (Wildman–Crippen MR) is 220 cm³/mol. The van der Waals surface area contributed by atoms with E-state index >= 15 is 8.78 Å². The molecule has 8 rings (SSSR count). The fourth-order valence-corrected chi connectivity index (χ4v) is 12.8. The maximum atomic E-state index is 17.8. The highest BCUT2D eigenvalue weighted by atomic mass is 32.2. The molecule has 11 nitrogen and oxygen atoms in total. The van der Waals surface area contributed by atoms with Gasteiger partial charge in [0.15, 0.2) is 29.1 Å². The van der Waals surface area contributed by atoms with Gasteiger partial charge in [0.25, 0.3) is 0 Å². The van der Waals surface area contributed by atoms with Crippen molar-refractivity contribution >= 4 is 58.5 Å². The zero-order valence-electron chi connectivity index (χ0n) is 33.7. The van der Waals surface area contributed by atoms with E-state index in [1.54, 1.807) is 19.1 Å². The topological polar surface area (TPSA) is 160 Å². The highest BCUT2D eigenvalue weighted by Gasteiger charge is 2.80. The maximum Gasteiger partial charge on any atom is 0.242 e. The lowest BCUT2D eigenvalue weighted by molar-refractivity contribution is -0.235. The number of halogens is 2. The molecule has 0 aromatic heterocycles. The summed E-state index contributed by atoms with van der Waals surface area (Å²) < 4.78 is 46.9. The van der Waals surface area contributed by atoms with Gasteiger partial charge in [-0.15, -0.1) is 0 Å². The third kappa shape index (κ3) is 6.82. The van der Waals surface area contributed by atoms with Crippen LogP contribution in [0.2, 0.25) is 0 Å². The van der Waals surface area contributed by atoms with E-state index < -0.39 is 76.8 Å². The van der Waals surface area contributed by atoms with Crippen LogP contribution in [0.25, 0.3) is 0 Å². The summed E-state index contributed by atoms with van der Waals surface area (Å²) in [6, 6.07) is 14.8. The van der Waals surface area contributed by atoms with Gasteiger partial charge >= 0.3 is 0 Å². The largest absolute Gasteiger partial charge is 0.390 e. The van der Waals surface area contributed by atoms with E-state index in [2.05, 4.69) is 5.32 Å². The molecule has 0 spiro atoms. The van der Waals surface area contributed by atoms with Crippen molar-refractivity contribution in [1.82, 2.24) is 4.90 Å². The lowest BCUT2D eigenvalue weighted by Crippen LogP contribution is -2.70. The number of unbranched alkanes of at least 4 members (excludes halogenated alkanes) is 2. The first kappa shape index (κ1) is 42.9. The van der Waals surface area contributed by atoms with Gasteiger partial charge < -0.3 is 25.0 Å². The summed E-state index contributed by atoms with van der Waals surface area (Å²) in [6.07, 6.45) is 2.44. The molecule has 6 aliphatic rings. The van der Waals surface area contributed by atoms with E-state index in [1.807, 2.05) is 42.7 Å². The van der Waals surface area contributed by atoms with Gasteiger partial charge in [-0.3, -0.25) is 28.9 Å². The van der Waals surface area contributed by atoms with Crippen LogP contribution in [0.1, 0.15) is 77.1 Å². The second-order valence-electron chi connectivity index (χ2n) is 17.4. The lowest BCUT2D eigenvalue weighted by Gasteiger charge is -2.63. The Bertz CT molecular complexity index is 2170. The molecule has 3 amide bonds. The minimum Gasteiger partial charge on any atom is -0.390 e. The molecule has 2 aromatic rings. The van der Waals surface area contributed by atoms with Crippen molar-refractivity contribution in [2.45, 2.75) is 116 Å². The van der Waals surface area contributed by atoms with Crippen LogP contribution in [-0.2, 0) is 33.4 Å². The molecule has 3 saturated carbocycles. The second kappa shape index (κ2) is 16.2. The average molecular weight is 865 g/mol. The van der Waals surface area contributed by atoms with Crippen LogP contribution in [0.15, 0.2) is 82.1 Å². The molecule has 3 N–H and O–H groups in total. The minimum atomic E-state index is -2.34. The molecule has 0 bridgehead atoms. The summed E-state index contributed by atoms with van der Waals surface area (Å²) in [6.45, 7) is 2.77. The lowest BCUT2D eigenvalue weighted by atomic mass is 9.44. The molecule has 1 unspecified atom stereocenters. The Kier molecular flexibility index (Phi) is 11.6. The van der Waals surface area contributed by atoms with E-state index in [0.717, 1.165) is 15.9 Å². The number of fused-ring (bicyclic) bond motifs is 7. The molecule has 320 valence electrons. The number of nitrogens with one attached hydrogen (secondary N) is 1.